The maximum Gasteiger partial charge on any atom is 0.135 e. The van der Waals surface area contributed by atoms with Crippen LogP contribution in [-0.2, 0) is 6.54 Å². The van der Waals surface area contributed by atoms with Crippen molar-refractivity contribution in [1.82, 2.24) is 5.32 Å². The van der Waals surface area contributed by atoms with Crippen LogP contribution in [0.2, 0.25) is 5.02 Å². The largest absolute Gasteiger partial charge is 0.460 e. The zero-order chi connectivity index (χ0) is 13.8. The first-order valence-corrected chi connectivity index (χ1v) is 7.54. The number of rotatable bonds is 5. The maximum absolute atomic E-state index is 6.22. The standard InChI is InChI=1S/C15H17BrClNO.ClH/c1-3-10(2)18-9-12-5-7-15(19-12)13-6-4-11(16)8-14(13)17;/h4-8,10,18H,3,9H2,1-2H3;1H. The summed E-state index contributed by atoms with van der Waals surface area (Å²) in [5, 5.41) is 4.09. The second-order valence-corrected chi connectivity index (χ2v) is 5.90. The number of nitrogens with one attached hydrogen (secondary N) is 1. The van der Waals surface area contributed by atoms with Gasteiger partial charge in [0.1, 0.15) is 11.5 Å². The topological polar surface area (TPSA) is 25.2 Å². The van der Waals surface area contributed by atoms with Gasteiger partial charge in [-0.15, -0.1) is 12.4 Å². The zero-order valence-electron chi connectivity index (χ0n) is 11.5. The van der Waals surface area contributed by atoms with Gasteiger partial charge >= 0.3 is 0 Å². The molecule has 0 aliphatic heterocycles. The molecule has 2 rings (SSSR count). The fourth-order valence-corrected chi connectivity index (χ4v) is 2.49. The Balaban J connectivity index is 0.00000200. The second-order valence-electron chi connectivity index (χ2n) is 4.58. The van der Waals surface area contributed by atoms with E-state index in [0.29, 0.717) is 11.1 Å². The van der Waals surface area contributed by atoms with Crippen LogP contribution in [0.15, 0.2) is 39.2 Å². The monoisotopic (exact) mass is 377 g/mol. The first kappa shape index (κ1) is 17.6. The van der Waals surface area contributed by atoms with Crippen molar-refractivity contribution < 1.29 is 4.42 Å². The van der Waals surface area contributed by atoms with Gasteiger partial charge in [-0.2, -0.15) is 0 Å². The maximum atomic E-state index is 6.22. The Morgan fingerprint density at radius 2 is 2.05 bits per heavy atom. The van der Waals surface area contributed by atoms with E-state index >= 15 is 0 Å². The van der Waals surface area contributed by atoms with Crippen molar-refractivity contribution in [3.63, 3.8) is 0 Å². The summed E-state index contributed by atoms with van der Waals surface area (Å²) in [7, 11) is 0. The third-order valence-corrected chi connectivity index (χ3v) is 3.90. The molecule has 0 aliphatic rings. The van der Waals surface area contributed by atoms with Gasteiger partial charge in [0.2, 0.25) is 0 Å². The molecule has 0 bridgehead atoms. The van der Waals surface area contributed by atoms with Gasteiger partial charge < -0.3 is 9.73 Å². The molecule has 2 nitrogen and oxygen atoms in total. The van der Waals surface area contributed by atoms with E-state index in [4.69, 9.17) is 16.0 Å². The van der Waals surface area contributed by atoms with Gasteiger partial charge in [-0.3, -0.25) is 0 Å². The smallest absolute Gasteiger partial charge is 0.135 e. The van der Waals surface area contributed by atoms with E-state index in [1.165, 1.54) is 0 Å². The van der Waals surface area contributed by atoms with E-state index in [-0.39, 0.29) is 12.4 Å². The first-order chi connectivity index (χ1) is 9.10. The number of hydrogen-bond donors (Lipinski definition) is 1. The van der Waals surface area contributed by atoms with Crippen LogP contribution in [0, 0.1) is 0 Å². The molecular weight excluding hydrogens is 361 g/mol. The molecule has 0 saturated carbocycles. The van der Waals surface area contributed by atoms with Crippen molar-refractivity contribution in [3.8, 4) is 11.3 Å². The summed E-state index contributed by atoms with van der Waals surface area (Å²) < 4.78 is 6.79. The molecule has 2 aromatic rings. The highest BCUT2D eigenvalue weighted by molar-refractivity contribution is 9.10. The molecule has 110 valence electrons. The fourth-order valence-electron chi connectivity index (χ4n) is 1.73. The lowest BCUT2D eigenvalue weighted by Crippen LogP contribution is -2.24. The summed E-state index contributed by atoms with van der Waals surface area (Å²) in [6, 6.07) is 10.2. The molecule has 0 radical (unpaired) electrons. The van der Waals surface area contributed by atoms with E-state index in [9.17, 15) is 0 Å². The molecule has 1 atom stereocenters. The van der Waals surface area contributed by atoms with Crippen LogP contribution < -0.4 is 5.32 Å². The van der Waals surface area contributed by atoms with E-state index in [0.717, 1.165) is 34.5 Å². The van der Waals surface area contributed by atoms with Crippen molar-refractivity contribution in [1.29, 1.82) is 0 Å². The highest BCUT2D eigenvalue weighted by atomic mass is 79.9. The number of hydrogen-bond acceptors (Lipinski definition) is 2. The Bertz CT molecular complexity index is 557. The van der Waals surface area contributed by atoms with Crippen LogP contribution in [0.25, 0.3) is 11.3 Å². The predicted molar refractivity (Wildman–Crippen MR) is 90.7 cm³/mol. The summed E-state index contributed by atoms with van der Waals surface area (Å²) in [6.07, 6.45) is 1.10. The third-order valence-electron chi connectivity index (χ3n) is 3.10. The van der Waals surface area contributed by atoms with Crippen molar-refractivity contribution in [3.05, 3.63) is 45.6 Å². The Morgan fingerprint density at radius 1 is 1.30 bits per heavy atom. The minimum Gasteiger partial charge on any atom is -0.460 e. The summed E-state index contributed by atoms with van der Waals surface area (Å²) >= 11 is 9.62. The second kappa shape index (κ2) is 8.08. The van der Waals surface area contributed by atoms with Crippen LogP contribution in [0.1, 0.15) is 26.0 Å². The van der Waals surface area contributed by atoms with Gasteiger partial charge in [-0.25, -0.2) is 0 Å². The van der Waals surface area contributed by atoms with Crippen LogP contribution in [-0.4, -0.2) is 6.04 Å². The van der Waals surface area contributed by atoms with E-state index in [2.05, 4.69) is 35.1 Å². The number of benzene rings is 1. The van der Waals surface area contributed by atoms with E-state index in [1.54, 1.807) is 0 Å². The molecule has 1 N–H and O–H groups in total. The highest BCUT2D eigenvalue weighted by Gasteiger charge is 2.09. The molecular formula is C15H18BrCl2NO. The van der Waals surface area contributed by atoms with Gasteiger partial charge in [-0.1, -0.05) is 34.5 Å². The average Bonchev–Trinajstić information content (AvgIpc) is 2.84. The van der Waals surface area contributed by atoms with Gasteiger partial charge in [0.05, 0.1) is 11.6 Å². The molecule has 1 aromatic heterocycles. The molecule has 1 aromatic carbocycles. The predicted octanol–water partition coefficient (Wildman–Crippen LogP) is 5.67. The third kappa shape index (κ3) is 4.52. The minimum atomic E-state index is 0. The van der Waals surface area contributed by atoms with Gasteiger partial charge in [0, 0.05) is 16.1 Å². The Labute approximate surface area is 139 Å². The van der Waals surface area contributed by atoms with Crippen LogP contribution in [0.5, 0.6) is 0 Å². The van der Waals surface area contributed by atoms with Crippen LogP contribution in [0.4, 0.5) is 0 Å². The van der Waals surface area contributed by atoms with Crippen molar-refractivity contribution >= 4 is 39.9 Å². The lowest BCUT2D eigenvalue weighted by molar-refractivity contribution is 0.457. The van der Waals surface area contributed by atoms with Gasteiger partial charge in [-0.05, 0) is 43.7 Å². The molecule has 0 aliphatic carbocycles. The Kier molecular flexibility index (Phi) is 7.10. The molecule has 0 saturated heterocycles. The summed E-state index contributed by atoms with van der Waals surface area (Å²) in [5.41, 5.74) is 0.916. The zero-order valence-corrected chi connectivity index (χ0v) is 14.6. The average molecular weight is 379 g/mol. The van der Waals surface area contributed by atoms with E-state index < -0.39 is 0 Å². The summed E-state index contributed by atoms with van der Waals surface area (Å²) in [4.78, 5) is 0. The quantitative estimate of drug-likeness (QED) is 0.724. The SMILES string of the molecule is CCC(C)NCc1ccc(-c2ccc(Br)cc2Cl)o1.Cl. The summed E-state index contributed by atoms with van der Waals surface area (Å²) in [5.74, 6) is 1.73. The number of halogens is 3. The molecule has 1 unspecified atom stereocenters. The van der Waals surface area contributed by atoms with Crippen LogP contribution >= 0.6 is 39.9 Å². The Hall–Kier alpha value is -0.480. The lowest BCUT2D eigenvalue weighted by Gasteiger charge is -2.09. The molecule has 20 heavy (non-hydrogen) atoms. The lowest BCUT2D eigenvalue weighted by atomic mass is 10.2. The van der Waals surface area contributed by atoms with Crippen molar-refractivity contribution in [2.45, 2.75) is 32.9 Å². The van der Waals surface area contributed by atoms with Gasteiger partial charge in [0.25, 0.3) is 0 Å². The molecule has 1 heterocycles. The van der Waals surface area contributed by atoms with E-state index in [1.807, 2.05) is 30.3 Å². The van der Waals surface area contributed by atoms with Crippen LogP contribution in [0.3, 0.4) is 0 Å². The summed E-state index contributed by atoms with van der Waals surface area (Å²) in [6.45, 7) is 5.06. The first-order valence-electron chi connectivity index (χ1n) is 6.37. The van der Waals surface area contributed by atoms with Gasteiger partial charge in [0.15, 0.2) is 0 Å². The Morgan fingerprint density at radius 3 is 2.70 bits per heavy atom. The normalized spacial score (nSPS) is 12.0. The highest BCUT2D eigenvalue weighted by Crippen LogP contribution is 2.31. The van der Waals surface area contributed by atoms with Crippen molar-refractivity contribution in [2.75, 3.05) is 0 Å². The molecule has 5 heteroatoms. The molecule has 0 spiro atoms. The fraction of sp³-hybridized carbons (Fsp3) is 0.333. The molecule has 0 fully saturated rings. The van der Waals surface area contributed by atoms with Crippen molar-refractivity contribution in [2.24, 2.45) is 0 Å². The molecule has 0 amide bonds. The number of furan rings is 1. The minimum absolute atomic E-state index is 0.